The number of aliphatic hydroxyl groups is 1. The van der Waals surface area contributed by atoms with Gasteiger partial charge in [-0.1, -0.05) is 18.5 Å². The average molecular weight is 296 g/mol. The van der Waals surface area contributed by atoms with E-state index in [9.17, 15) is 9.90 Å². The number of carbonyl (C=O) groups excluding carboxylic acids is 1. The monoisotopic (exact) mass is 296 g/mol. The highest BCUT2D eigenvalue weighted by Crippen LogP contribution is 2.33. The Kier molecular flexibility index (Phi) is 5.36. The number of nitrogens with zero attached hydrogens (tertiary/aromatic N) is 1. The quantitative estimate of drug-likeness (QED) is 0.837. The van der Waals surface area contributed by atoms with Gasteiger partial charge in [-0.25, -0.2) is 0 Å². The number of carbonyl (C=O) groups is 1. The van der Waals surface area contributed by atoms with Gasteiger partial charge in [-0.05, 0) is 31.6 Å². The van der Waals surface area contributed by atoms with Gasteiger partial charge in [-0.2, -0.15) is 0 Å². The SMILES string of the molecule is CCC1CCC(O)(CNC(=O)c2cc(COC)on2)CC1. The molecule has 6 heteroatoms. The van der Waals surface area contributed by atoms with E-state index in [0.717, 1.165) is 32.1 Å². The summed E-state index contributed by atoms with van der Waals surface area (Å²) in [5.41, 5.74) is -0.576. The van der Waals surface area contributed by atoms with Crippen LogP contribution < -0.4 is 5.32 Å². The molecule has 1 fully saturated rings. The van der Waals surface area contributed by atoms with Crippen molar-refractivity contribution in [1.82, 2.24) is 10.5 Å². The molecule has 1 amide bonds. The number of hydrogen-bond acceptors (Lipinski definition) is 5. The van der Waals surface area contributed by atoms with Gasteiger partial charge in [0, 0.05) is 19.7 Å². The largest absolute Gasteiger partial charge is 0.388 e. The van der Waals surface area contributed by atoms with Gasteiger partial charge < -0.3 is 19.7 Å². The molecule has 1 aliphatic rings. The summed E-state index contributed by atoms with van der Waals surface area (Å²) in [6, 6.07) is 1.55. The summed E-state index contributed by atoms with van der Waals surface area (Å²) in [7, 11) is 1.55. The third kappa shape index (κ3) is 4.28. The molecule has 1 saturated carbocycles. The van der Waals surface area contributed by atoms with Crippen molar-refractivity contribution >= 4 is 5.91 Å². The van der Waals surface area contributed by atoms with Gasteiger partial charge in [0.2, 0.25) is 0 Å². The fraction of sp³-hybridized carbons (Fsp3) is 0.733. The van der Waals surface area contributed by atoms with Gasteiger partial charge in [0.15, 0.2) is 11.5 Å². The standard InChI is InChI=1S/C15H24N2O4/c1-3-11-4-6-15(19,7-5-11)10-16-14(18)13-8-12(9-20-2)21-17-13/h8,11,19H,3-7,9-10H2,1-2H3,(H,16,18). The number of aromatic nitrogens is 1. The maximum Gasteiger partial charge on any atom is 0.273 e. The van der Waals surface area contributed by atoms with Crippen LogP contribution in [0.15, 0.2) is 10.6 Å². The van der Waals surface area contributed by atoms with E-state index >= 15 is 0 Å². The smallest absolute Gasteiger partial charge is 0.273 e. The molecule has 0 saturated heterocycles. The lowest BCUT2D eigenvalue weighted by Crippen LogP contribution is -2.45. The van der Waals surface area contributed by atoms with Crippen molar-refractivity contribution in [3.63, 3.8) is 0 Å². The van der Waals surface area contributed by atoms with Crippen LogP contribution in [0.5, 0.6) is 0 Å². The van der Waals surface area contributed by atoms with Gasteiger partial charge >= 0.3 is 0 Å². The molecule has 1 aromatic heterocycles. The molecule has 0 aromatic carbocycles. The van der Waals surface area contributed by atoms with E-state index < -0.39 is 5.60 Å². The molecule has 0 spiro atoms. The summed E-state index contributed by atoms with van der Waals surface area (Å²) in [5, 5.41) is 16.9. The first-order valence-electron chi connectivity index (χ1n) is 7.51. The van der Waals surface area contributed by atoms with Crippen LogP contribution in [0.4, 0.5) is 0 Å². The third-order valence-electron chi connectivity index (χ3n) is 4.27. The maximum absolute atomic E-state index is 12.0. The van der Waals surface area contributed by atoms with Gasteiger partial charge in [-0.15, -0.1) is 0 Å². The lowest BCUT2D eigenvalue weighted by atomic mass is 9.78. The van der Waals surface area contributed by atoms with E-state index in [1.54, 1.807) is 13.2 Å². The van der Waals surface area contributed by atoms with Crippen LogP contribution in [-0.2, 0) is 11.3 Å². The van der Waals surface area contributed by atoms with E-state index in [1.807, 2.05) is 0 Å². The van der Waals surface area contributed by atoms with Gasteiger partial charge in [-0.3, -0.25) is 4.79 Å². The zero-order valence-electron chi connectivity index (χ0n) is 12.7. The average Bonchev–Trinajstić information content (AvgIpc) is 2.95. The number of methoxy groups -OCH3 is 1. The van der Waals surface area contributed by atoms with Crippen molar-refractivity contribution in [2.45, 2.75) is 51.2 Å². The molecular weight excluding hydrogens is 272 g/mol. The Morgan fingerprint density at radius 2 is 2.29 bits per heavy atom. The first-order chi connectivity index (χ1) is 10.1. The molecule has 21 heavy (non-hydrogen) atoms. The summed E-state index contributed by atoms with van der Waals surface area (Å²) < 4.78 is 9.88. The Bertz CT molecular complexity index is 464. The normalized spacial score (nSPS) is 25.8. The van der Waals surface area contributed by atoms with Gasteiger partial charge in [0.1, 0.15) is 6.61 Å². The molecule has 118 valence electrons. The van der Waals surface area contributed by atoms with E-state index in [-0.39, 0.29) is 24.8 Å². The van der Waals surface area contributed by atoms with E-state index in [2.05, 4.69) is 17.4 Å². The van der Waals surface area contributed by atoms with Crippen LogP contribution in [0.3, 0.4) is 0 Å². The molecule has 1 heterocycles. The first kappa shape index (κ1) is 16.0. The summed E-state index contributed by atoms with van der Waals surface area (Å²) in [6.45, 7) is 2.72. The lowest BCUT2D eigenvalue weighted by molar-refractivity contribution is -0.00792. The van der Waals surface area contributed by atoms with Crippen molar-refractivity contribution in [3.8, 4) is 0 Å². The third-order valence-corrected chi connectivity index (χ3v) is 4.27. The zero-order valence-corrected chi connectivity index (χ0v) is 12.7. The summed E-state index contributed by atoms with van der Waals surface area (Å²) in [4.78, 5) is 12.0. The number of rotatable bonds is 6. The Hall–Kier alpha value is -1.40. The van der Waals surface area contributed by atoms with Crippen LogP contribution in [0.25, 0.3) is 0 Å². The molecule has 2 N–H and O–H groups in total. The lowest BCUT2D eigenvalue weighted by Gasteiger charge is -2.35. The topological polar surface area (TPSA) is 84.6 Å². The highest BCUT2D eigenvalue weighted by molar-refractivity contribution is 5.92. The molecule has 0 atom stereocenters. The predicted octanol–water partition coefficient (Wildman–Crippen LogP) is 1.88. The molecule has 1 aliphatic carbocycles. The summed E-state index contributed by atoms with van der Waals surface area (Å²) >= 11 is 0. The summed E-state index contributed by atoms with van der Waals surface area (Å²) in [5.74, 6) is 0.880. The van der Waals surface area contributed by atoms with Crippen molar-refractivity contribution in [3.05, 3.63) is 17.5 Å². The zero-order chi connectivity index (χ0) is 15.3. The molecule has 6 nitrogen and oxygen atoms in total. The molecule has 2 rings (SSSR count). The van der Waals surface area contributed by atoms with E-state index in [4.69, 9.17) is 9.26 Å². The minimum atomic E-state index is -0.791. The summed E-state index contributed by atoms with van der Waals surface area (Å²) in [6.07, 6.45) is 4.67. The number of ether oxygens (including phenoxy) is 1. The number of nitrogens with one attached hydrogen (secondary N) is 1. The maximum atomic E-state index is 12.0. The number of amides is 1. The second-order valence-electron chi connectivity index (χ2n) is 5.87. The Balaban J connectivity index is 1.83. The van der Waals surface area contributed by atoms with Crippen molar-refractivity contribution in [1.29, 1.82) is 0 Å². The minimum Gasteiger partial charge on any atom is -0.388 e. The van der Waals surface area contributed by atoms with Gasteiger partial charge in [0.05, 0.1) is 5.60 Å². The van der Waals surface area contributed by atoms with Gasteiger partial charge in [0.25, 0.3) is 5.91 Å². The Labute approximate surface area is 124 Å². The first-order valence-corrected chi connectivity index (χ1v) is 7.51. The van der Waals surface area contributed by atoms with Crippen LogP contribution in [0.2, 0.25) is 0 Å². The van der Waals surface area contributed by atoms with Crippen molar-refractivity contribution < 1.29 is 19.2 Å². The van der Waals surface area contributed by atoms with E-state index in [1.165, 1.54) is 0 Å². The van der Waals surface area contributed by atoms with E-state index in [0.29, 0.717) is 11.7 Å². The predicted molar refractivity (Wildman–Crippen MR) is 76.7 cm³/mol. The number of hydrogen-bond donors (Lipinski definition) is 2. The van der Waals surface area contributed by atoms with Crippen LogP contribution in [0.1, 0.15) is 55.3 Å². The molecule has 0 unspecified atom stereocenters. The second-order valence-corrected chi connectivity index (χ2v) is 5.87. The highest BCUT2D eigenvalue weighted by atomic mass is 16.5. The molecule has 0 aliphatic heterocycles. The minimum absolute atomic E-state index is 0.216. The molecular formula is C15H24N2O4. The highest BCUT2D eigenvalue weighted by Gasteiger charge is 2.33. The molecule has 1 aromatic rings. The fourth-order valence-corrected chi connectivity index (χ4v) is 2.77. The van der Waals surface area contributed by atoms with Crippen molar-refractivity contribution in [2.75, 3.05) is 13.7 Å². The van der Waals surface area contributed by atoms with Crippen LogP contribution in [-0.4, -0.2) is 35.4 Å². The molecule has 0 bridgehead atoms. The second kappa shape index (κ2) is 7.04. The molecule has 0 radical (unpaired) electrons. The van der Waals surface area contributed by atoms with Crippen LogP contribution in [0, 0.1) is 5.92 Å². The Morgan fingerprint density at radius 1 is 1.57 bits per heavy atom. The van der Waals surface area contributed by atoms with Crippen LogP contribution >= 0.6 is 0 Å². The van der Waals surface area contributed by atoms with Crippen molar-refractivity contribution in [2.24, 2.45) is 5.92 Å². The fourth-order valence-electron chi connectivity index (χ4n) is 2.77. The Morgan fingerprint density at radius 3 is 2.90 bits per heavy atom.